The van der Waals surface area contributed by atoms with Crippen LogP contribution in [0.1, 0.15) is 12.1 Å². The van der Waals surface area contributed by atoms with Crippen molar-refractivity contribution >= 4 is 11.8 Å². The van der Waals surface area contributed by atoms with Crippen molar-refractivity contribution in [2.24, 2.45) is 0 Å². The van der Waals surface area contributed by atoms with E-state index in [4.69, 9.17) is 4.74 Å². The minimum Gasteiger partial charge on any atom is -0.389 e. The summed E-state index contributed by atoms with van der Waals surface area (Å²) in [4.78, 5) is 4.19. The molecule has 0 bridgehead atoms. The lowest BCUT2D eigenvalue weighted by Crippen LogP contribution is -2.30. The number of aliphatic hydroxyl groups is 1. The number of pyridine rings is 1. The van der Waals surface area contributed by atoms with Crippen LogP contribution in [-0.2, 0) is 11.3 Å². The lowest BCUT2D eigenvalue weighted by atomic mass is 10.3. The van der Waals surface area contributed by atoms with Gasteiger partial charge in [0, 0.05) is 25.9 Å². The minimum absolute atomic E-state index is 0.392. The van der Waals surface area contributed by atoms with Gasteiger partial charge in [0.25, 0.3) is 0 Å². The molecule has 0 aromatic carbocycles. The zero-order chi connectivity index (χ0) is 13.1. The van der Waals surface area contributed by atoms with Crippen LogP contribution in [0.4, 0.5) is 0 Å². The van der Waals surface area contributed by atoms with E-state index in [9.17, 15) is 5.11 Å². The van der Waals surface area contributed by atoms with Gasteiger partial charge >= 0.3 is 0 Å². The maximum Gasteiger partial charge on any atom is 0.0897 e. The largest absolute Gasteiger partial charge is 0.389 e. The standard InChI is InChI=1S/C13H22N2O2S/c1-18-8-4-7-17-11-13(16)10-14-9-12-5-2-3-6-15-12/h2-3,5-6,13-14,16H,4,7-11H2,1H3. The Morgan fingerprint density at radius 3 is 3.11 bits per heavy atom. The van der Waals surface area contributed by atoms with Crippen molar-refractivity contribution in [3.05, 3.63) is 30.1 Å². The molecule has 5 heteroatoms. The van der Waals surface area contributed by atoms with Gasteiger partial charge in [-0.1, -0.05) is 6.07 Å². The zero-order valence-corrected chi connectivity index (χ0v) is 11.7. The maximum atomic E-state index is 9.67. The Bertz CT molecular complexity index is 298. The monoisotopic (exact) mass is 270 g/mol. The third-order valence-corrected chi connectivity index (χ3v) is 3.06. The van der Waals surface area contributed by atoms with E-state index in [0.29, 0.717) is 19.7 Å². The van der Waals surface area contributed by atoms with E-state index in [2.05, 4.69) is 16.6 Å². The topological polar surface area (TPSA) is 54.4 Å². The smallest absolute Gasteiger partial charge is 0.0897 e. The summed E-state index contributed by atoms with van der Waals surface area (Å²) in [5.41, 5.74) is 0.977. The van der Waals surface area contributed by atoms with Crippen LogP contribution in [0.2, 0.25) is 0 Å². The molecule has 1 atom stereocenters. The van der Waals surface area contributed by atoms with E-state index in [0.717, 1.165) is 24.5 Å². The van der Waals surface area contributed by atoms with Crippen molar-refractivity contribution in [2.75, 3.05) is 31.8 Å². The molecule has 0 aliphatic heterocycles. The molecule has 1 aromatic rings. The molecule has 0 spiro atoms. The first-order valence-corrected chi connectivity index (χ1v) is 7.57. The molecule has 0 aliphatic rings. The number of hydrogen-bond acceptors (Lipinski definition) is 5. The highest BCUT2D eigenvalue weighted by atomic mass is 32.2. The number of aliphatic hydroxyl groups excluding tert-OH is 1. The van der Waals surface area contributed by atoms with Crippen LogP contribution >= 0.6 is 11.8 Å². The van der Waals surface area contributed by atoms with Crippen molar-refractivity contribution in [1.82, 2.24) is 10.3 Å². The molecule has 1 aromatic heterocycles. The van der Waals surface area contributed by atoms with Crippen LogP contribution in [0.25, 0.3) is 0 Å². The quantitative estimate of drug-likeness (QED) is 0.628. The first-order valence-electron chi connectivity index (χ1n) is 6.18. The molecular formula is C13H22N2O2S. The van der Waals surface area contributed by atoms with Crippen LogP contribution in [0.5, 0.6) is 0 Å². The van der Waals surface area contributed by atoms with Gasteiger partial charge in [0.15, 0.2) is 0 Å². The molecule has 1 heterocycles. The molecular weight excluding hydrogens is 248 g/mol. The van der Waals surface area contributed by atoms with Crippen LogP contribution in [0.15, 0.2) is 24.4 Å². The highest BCUT2D eigenvalue weighted by molar-refractivity contribution is 7.98. The van der Waals surface area contributed by atoms with E-state index in [1.165, 1.54) is 0 Å². The van der Waals surface area contributed by atoms with Gasteiger partial charge in [0.2, 0.25) is 0 Å². The predicted octanol–water partition coefficient (Wildman–Crippen LogP) is 1.30. The summed E-state index contributed by atoms with van der Waals surface area (Å²) in [5.74, 6) is 1.11. The fraction of sp³-hybridized carbons (Fsp3) is 0.615. The second-order valence-corrected chi connectivity index (χ2v) is 5.01. The second kappa shape index (κ2) is 10.3. The summed E-state index contributed by atoms with van der Waals surface area (Å²) in [5, 5.41) is 12.8. The number of ether oxygens (including phenoxy) is 1. The van der Waals surface area contributed by atoms with Gasteiger partial charge < -0.3 is 15.2 Å². The minimum atomic E-state index is -0.456. The average molecular weight is 270 g/mol. The first kappa shape index (κ1) is 15.4. The van der Waals surface area contributed by atoms with E-state index in [1.807, 2.05) is 30.0 Å². The Balaban J connectivity index is 1.98. The molecule has 0 aliphatic carbocycles. The van der Waals surface area contributed by atoms with Crippen LogP contribution in [0.3, 0.4) is 0 Å². The molecule has 0 radical (unpaired) electrons. The number of nitrogens with one attached hydrogen (secondary N) is 1. The lowest BCUT2D eigenvalue weighted by molar-refractivity contribution is 0.0374. The van der Waals surface area contributed by atoms with Crippen molar-refractivity contribution in [3.8, 4) is 0 Å². The van der Waals surface area contributed by atoms with Gasteiger partial charge in [-0.2, -0.15) is 11.8 Å². The van der Waals surface area contributed by atoms with Crippen molar-refractivity contribution in [2.45, 2.75) is 19.1 Å². The Morgan fingerprint density at radius 2 is 2.39 bits per heavy atom. The number of thioether (sulfide) groups is 1. The van der Waals surface area contributed by atoms with E-state index < -0.39 is 6.10 Å². The van der Waals surface area contributed by atoms with Crippen molar-refractivity contribution in [1.29, 1.82) is 0 Å². The van der Waals surface area contributed by atoms with E-state index in [-0.39, 0.29) is 0 Å². The molecule has 102 valence electrons. The van der Waals surface area contributed by atoms with Gasteiger partial charge in [-0.25, -0.2) is 0 Å². The normalized spacial score (nSPS) is 12.6. The predicted molar refractivity (Wildman–Crippen MR) is 75.8 cm³/mol. The number of hydrogen-bond donors (Lipinski definition) is 2. The number of nitrogens with zero attached hydrogens (tertiary/aromatic N) is 1. The summed E-state index contributed by atoms with van der Waals surface area (Å²) in [6.07, 6.45) is 4.43. The Hall–Kier alpha value is -0.620. The molecule has 0 saturated heterocycles. The molecule has 2 N–H and O–H groups in total. The first-order chi connectivity index (χ1) is 8.83. The number of rotatable bonds is 10. The maximum absolute atomic E-state index is 9.67. The molecule has 0 saturated carbocycles. The Kier molecular flexibility index (Phi) is 8.85. The van der Waals surface area contributed by atoms with E-state index in [1.54, 1.807) is 6.20 Å². The summed E-state index contributed by atoms with van der Waals surface area (Å²) in [6, 6.07) is 5.80. The SMILES string of the molecule is CSCCCOCC(O)CNCc1ccccn1. The highest BCUT2D eigenvalue weighted by Gasteiger charge is 2.03. The number of aromatic nitrogens is 1. The fourth-order valence-electron chi connectivity index (χ4n) is 1.45. The lowest BCUT2D eigenvalue weighted by Gasteiger charge is -2.12. The van der Waals surface area contributed by atoms with E-state index >= 15 is 0 Å². The Morgan fingerprint density at radius 1 is 1.50 bits per heavy atom. The van der Waals surface area contributed by atoms with Gasteiger partial charge in [0.05, 0.1) is 18.4 Å². The van der Waals surface area contributed by atoms with Crippen molar-refractivity contribution < 1.29 is 9.84 Å². The second-order valence-electron chi connectivity index (χ2n) is 4.03. The summed E-state index contributed by atoms with van der Waals surface area (Å²) >= 11 is 1.81. The molecule has 1 rings (SSSR count). The summed E-state index contributed by atoms with van der Waals surface area (Å²) < 4.78 is 5.38. The van der Waals surface area contributed by atoms with Gasteiger partial charge in [0.1, 0.15) is 0 Å². The molecule has 0 fully saturated rings. The fourth-order valence-corrected chi connectivity index (χ4v) is 1.86. The van der Waals surface area contributed by atoms with Crippen LogP contribution < -0.4 is 5.32 Å². The van der Waals surface area contributed by atoms with Crippen LogP contribution in [-0.4, -0.2) is 48.0 Å². The average Bonchev–Trinajstić information content (AvgIpc) is 2.40. The zero-order valence-electron chi connectivity index (χ0n) is 10.8. The Labute approximate surface area is 113 Å². The van der Waals surface area contributed by atoms with Crippen molar-refractivity contribution in [3.63, 3.8) is 0 Å². The highest BCUT2D eigenvalue weighted by Crippen LogP contribution is 1.96. The third-order valence-electron chi connectivity index (χ3n) is 2.36. The van der Waals surface area contributed by atoms with Gasteiger partial charge in [-0.05, 0) is 30.6 Å². The molecule has 1 unspecified atom stereocenters. The molecule has 0 amide bonds. The van der Waals surface area contributed by atoms with Gasteiger partial charge in [-0.15, -0.1) is 0 Å². The third kappa shape index (κ3) is 7.66. The van der Waals surface area contributed by atoms with Gasteiger partial charge in [-0.3, -0.25) is 4.98 Å². The molecule has 4 nitrogen and oxygen atoms in total. The van der Waals surface area contributed by atoms with Crippen LogP contribution in [0, 0.1) is 0 Å². The summed E-state index contributed by atoms with van der Waals surface area (Å²) in [6.45, 7) is 2.31. The summed E-state index contributed by atoms with van der Waals surface area (Å²) in [7, 11) is 0. The molecule has 18 heavy (non-hydrogen) atoms.